The fraction of sp³-hybridized carbons (Fsp3) is 0. The zero-order chi connectivity index (χ0) is 33.0. The topological polar surface area (TPSA) is 56.7 Å². The van der Waals surface area contributed by atoms with Gasteiger partial charge in [0.1, 0.15) is 5.52 Å². The second-order valence-electron chi connectivity index (χ2n) is 12.4. The highest BCUT2D eigenvalue weighted by Gasteiger charge is 2.19. The predicted molar refractivity (Wildman–Crippen MR) is 203 cm³/mol. The first kappa shape index (κ1) is 28.2. The van der Waals surface area contributed by atoms with Crippen molar-refractivity contribution in [3.8, 4) is 51.0 Å². The Hall–Kier alpha value is -6.85. The molecule has 0 aliphatic carbocycles. The molecule has 0 saturated carbocycles. The van der Waals surface area contributed by atoms with Crippen LogP contribution < -0.4 is 0 Å². The standard InChI is InChI=1S/C45H28N4O/c1-3-13-29(14-4-1)38-28-39(30-15-5-2-6-16-30)47-44(46-38)36-25-26-41(33-18-8-7-17-32(33)36)49-40-21-11-9-19-34(40)35-24-23-31(27-42(35)49)45-48-37-20-10-12-22-43(37)50-45/h1-28H. The van der Waals surface area contributed by atoms with E-state index in [2.05, 4.69) is 114 Å². The molecule has 0 amide bonds. The fourth-order valence-electron chi connectivity index (χ4n) is 7.11. The minimum absolute atomic E-state index is 0.606. The van der Waals surface area contributed by atoms with Crippen molar-refractivity contribution in [2.75, 3.05) is 0 Å². The summed E-state index contributed by atoms with van der Waals surface area (Å²) in [4.78, 5) is 15.1. The number of fused-ring (bicyclic) bond motifs is 5. The number of para-hydroxylation sites is 3. The van der Waals surface area contributed by atoms with Crippen molar-refractivity contribution in [2.24, 2.45) is 0 Å². The first-order valence-electron chi connectivity index (χ1n) is 16.7. The number of hydrogen-bond donors (Lipinski definition) is 0. The Morgan fingerprint density at radius 2 is 1.04 bits per heavy atom. The third kappa shape index (κ3) is 4.60. The van der Waals surface area contributed by atoms with Crippen LogP contribution in [-0.2, 0) is 0 Å². The Kier molecular flexibility index (Phi) is 6.42. The first-order valence-corrected chi connectivity index (χ1v) is 16.7. The number of benzene rings is 7. The average molecular weight is 641 g/mol. The van der Waals surface area contributed by atoms with Crippen LogP contribution in [-0.4, -0.2) is 19.5 Å². The maximum Gasteiger partial charge on any atom is 0.227 e. The molecule has 0 unspecified atom stereocenters. The monoisotopic (exact) mass is 640 g/mol. The van der Waals surface area contributed by atoms with Crippen LogP contribution in [0.1, 0.15) is 0 Å². The van der Waals surface area contributed by atoms with Crippen LogP contribution in [0.2, 0.25) is 0 Å². The van der Waals surface area contributed by atoms with Crippen LogP contribution in [0.3, 0.4) is 0 Å². The largest absolute Gasteiger partial charge is 0.436 e. The van der Waals surface area contributed by atoms with Crippen molar-refractivity contribution in [3.05, 3.63) is 170 Å². The fourth-order valence-corrected chi connectivity index (χ4v) is 7.11. The van der Waals surface area contributed by atoms with E-state index in [4.69, 9.17) is 19.4 Å². The van der Waals surface area contributed by atoms with Crippen LogP contribution in [0.15, 0.2) is 174 Å². The highest BCUT2D eigenvalue weighted by molar-refractivity contribution is 6.12. The van der Waals surface area contributed by atoms with Crippen LogP contribution >= 0.6 is 0 Å². The summed E-state index contributed by atoms with van der Waals surface area (Å²) in [6, 6.07) is 58.6. The van der Waals surface area contributed by atoms with Gasteiger partial charge in [-0.3, -0.25) is 0 Å². The third-order valence-electron chi connectivity index (χ3n) is 9.46. The number of hydrogen-bond acceptors (Lipinski definition) is 4. The quantitative estimate of drug-likeness (QED) is 0.188. The molecule has 10 aromatic rings. The molecule has 0 radical (unpaired) electrons. The lowest BCUT2D eigenvalue weighted by molar-refractivity contribution is 0.620. The van der Waals surface area contributed by atoms with Gasteiger partial charge in [0.15, 0.2) is 11.4 Å². The highest BCUT2D eigenvalue weighted by atomic mass is 16.3. The second kappa shape index (κ2) is 11.4. The van der Waals surface area contributed by atoms with Crippen LogP contribution in [0.5, 0.6) is 0 Å². The van der Waals surface area contributed by atoms with E-state index in [-0.39, 0.29) is 0 Å². The van der Waals surface area contributed by atoms with E-state index < -0.39 is 0 Å². The van der Waals surface area contributed by atoms with Gasteiger partial charge in [-0.05, 0) is 53.9 Å². The van der Waals surface area contributed by atoms with E-state index >= 15 is 0 Å². The van der Waals surface area contributed by atoms with Gasteiger partial charge in [-0.25, -0.2) is 15.0 Å². The molecule has 0 bridgehead atoms. The van der Waals surface area contributed by atoms with E-state index in [1.807, 2.05) is 60.7 Å². The van der Waals surface area contributed by atoms with Crippen molar-refractivity contribution in [1.29, 1.82) is 0 Å². The predicted octanol–water partition coefficient (Wildman–Crippen LogP) is 11.5. The van der Waals surface area contributed by atoms with Crippen molar-refractivity contribution < 1.29 is 4.42 Å². The van der Waals surface area contributed by atoms with Crippen LogP contribution in [0, 0.1) is 0 Å². The first-order chi connectivity index (χ1) is 24.8. The van der Waals surface area contributed by atoms with Gasteiger partial charge in [-0.15, -0.1) is 0 Å². The summed E-state index contributed by atoms with van der Waals surface area (Å²) in [5, 5.41) is 4.54. The molecule has 0 aliphatic heterocycles. The third-order valence-corrected chi connectivity index (χ3v) is 9.46. The molecule has 7 aromatic carbocycles. The average Bonchev–Trinajstić information content (AvgIpc) is 3.77. The maximum atomic E-state index is 6.21. The number of rotatable bonds is 5. The summed E-state index contributed by atoms with van der Waals surface area (Å²) in [7, 11) is 0. The summed E-state index contributed by atoms with van der Waals surface area (Å²) in [5.41, 5.74) is 10.7. The number of oxazole rings is 1. The zero-order valence-electron chi connectivity index (χ0n) is 26.9. The highest BCUT2D eigenvalue weighted by Crippen LogP contribution is 2.39. The minimum Gasteiger partial charge on any atom is -0.436 e. The maximum absolute atomic E-state index is 6.21. The van der Waals surface area contributed by atoms with E-state index in [0.29, 0.717) is 11.7 Å². The molecule has 0 aliphatic rings. The Morgan fingerprint density at radius 3 is 1.78 bits per heavy atom. The van der Waals surface area contributed by atoms with Crippen LogP contribution in [0.25, 0.3) is 94.7 Å². The zero-order valence-corrected chi connectivity index (χ0v) is 26.9. The molecule has 50 heavy (non-hydrogen) atoms. The Bertz CT molecular complexity index is 2780. The normalized spacial score (nSPS) is 11.6. The SMILES string of the molecule is c1ccc(-c2cc(-c3ccccc3)nc(-c3ccc(-n4c5ccccc5c5ccc(-c6nc7ccccc7o6)cc54)c4ccccc34)n2)cc1. The summed E-state index contributed by atoms with van der Waals surface area (Å²) in [5.74, 6) is 1.29. The van der Waals surface area contributed by atoms with Crippen LogP contribution in [0.4, 0.5) is 0 Å². The van der Waals surface area contributed by atoms with Crippen molar-refractivity contribution >= 4 is 43.7 Å². The Morgan fingerprint density at radius 1 is 0.420 bits per heavy atom. The molecular weight excluding hydrogens is 613 g/mol. The second-order valence-corrected chi connectivity index (χ2v) is 12.4. The van der Waals surface area contributed by atoms with Crippen molar-refractivity contribution in [1.82, 2.24) is 19.5 Å². The lowest BCUT2D eigenvalue weighted by Gasteiger charge is -2.15. The van der Waals surface area contributed by atoms with E-state index in [0.717, 1.165) is 72.2 Å². The van der Waals surface area contributed by atoms with Crippen molar-refractivity contribution in [2.45, 2.75) is 0 Å². The van der Waals surface area contributed by atoms with Gasteiger partial charge in [0, 0.05) is 38.4 Å². The van der Waals surface area contributed by atoms with E-state index in [1.54, 1.807) is 0 Å². The molecule has 0 atom stereocenters. The summed E-state index contributed by atoms with van der Waals surface area (Å²) in [6.45, 7) is 0. The lowest BCUT2D eigenvalue weighted by atomic mass is 10.0. The summed E-state index contributed by atoms with van der Waals surface area (Å²) in [6.07, 6.45) is 0. The molecule has 234 valence electrons. The molecule has 0 saturated heterocycles. The van der Waals surface area contributed by atoms with Crippen molar-refractivity contribution in [3.63, 3.8) is 0 Å². The molecule has 3 aromatic heterocycles. The number of aromatic nitrogens is 4. The van der Waals surface area contributed by atoms with Gasteiger partial charge in [0.25, 0.3) is 0 Å². The molecule has 10 rings (SSSR count). The molecule has 5 heteroatoms. The molecular formula is C45H28N4O. The Labute approximate surface area is 287 Å². The van der Waals surface area contributed by atoms with Gasteiger partial charge < -0.3 is 8.98 Å². The summed E-state index contributed by atoms with van der Waals surface area (Å²) >= 11 is 0. The molecule has 5 nitrogen and oxygen atoms in total. The van der Waals surface area contributed by atoms with Gasteiger partial charge in [-0.2, -0.15) is 0 Å². The molecule has 3 heterocycles. The van der Waals surface area contributed by atoms with Gasteiger partial charge in [-0.1, -0.05) is 121 Å². The minimum atomic E-state index is 0.606. The summed E-state index contributed by atoms with van der Waals surface area (Å²) < 4.78 is 8.57. The smallest absolute Gasteiger partial charge is 0.227 e. The van der Waals surface area contributed by atoms with Gasteiger partial charge in [0.05, 0.1) is 28.1 Å². The van der Waals surface area contributed by atoms with E-state index in [1.165, 1.54) is 10.8 Å². The molecule has 0 N–H and O–H groups in total. The molecule has 0 spiro atoms. The number of nitrogens with zero attached hydrogens (tertiary/aromatic N) is 4. The van der Waals surface area contributed by atoms with Gasteiger partial charge >= 0.3 is 0 Å². The molecule has 0 fully saturated rings. The Balaban J connectivity index is 1.20. The lowest BCUT2D eigenvalue weighted by Crippen LogP contribution is -1.99. The van der Waals surface area contributed by atoms with Gasteiger partial charge in [0.2, 0.25) is 5.89 Å². The van der Waals surface area contributed by atoms with E-state index in [9.17, 15) is 0 Å².